The van der Waals surface area contributed by atoms with E-state index in [1.54, 1.807) is 0 Å². The highest BCUT2D eigenvalue weighted by Gasteiger charge is 2.13. The zero-order valence-corrected chi connectivity index (χ0v) is 29.9. The van der Waals surface area contributed by atoms with E-state index in [0.29, 0.717) is 0 Å². The molecular formula is C41H78N2. The smallest absolute Gasteiger partial charge is 0.0107 e. The average molecular weight is 599 g/mol. The van der Waals surface area contributed by atoms with Crippen LogP contribution in [0.1, 0.15) is 181 Å². The molecular weight excluding hydrogens is 520 g/mol. The van der Waals surface area contributed by atoms with Crippen molar-refractivity contribution >= 4 is 0 Å². The summed E-state index contributed by atoms with van der Waals surface area (Å²) in [5.41, 5.74) is 0. The number of rotatable bonds is 34. The van der Waals surface area contributed by atoms with Crippen molar-refractivity contribution in [3.05, 3.63) is 48.6 Å². The van der Waals surface area contributed by atoms with Crippen LogP contribution in [0.25, 0.3) is 0 Å². The summed E-state index contributed by atoms with van der Waals surface area (Å²) in [5, 5.41) is 3.34. The minimum Gasteiger partial charge on any atom is -0.318 e. The first kappa shape index (κ1) is 41.9. The van der Waals surface area contributed by atoms with Crippen molar-refractivity contribution in [2.45, 2.75) is 187 Å². The van der Waals surface area contributed by atoms with E-state index in [4.69, 9.17) is 0 Å². The molecule has 2 heteroatoms. The molecule has 1 N–H and O–H groups in total. The molecule has 0 amide bonds. The van der Waals surface area contributed by atoms with Gasteiger partial charge in [-0.25, -0.2) is 0 Å². The van der Waals surface area contributed by atoms with Crippen LogP contribution in [0.5, 0.6) is 0 Å². The predicted octanol–water partition coefficient (Wildman–Crippen LogP) is 12.9. The molecule has 0 bridgehead atoms. The topological polar surface area (TPSA) is 15.3 Å². The fourth-order valence-electron chi connectivity index (χ4n) is 5.79. The van der Waals surface area contributed by atoms with Crippen LogP contribution in [-0.4, -0.2) is 38.1 Å². The average Bonchev–Trinajstić information content (AvgIpc) is 3.02. The first-order valence-electron chi connectivity index (χ1n) is 19.2. The number of allylic oxidation sites excluding steroid dienone is 8. The molecule has 0 saturated carbocycles. The summed E-state index contributed by atoms with van der Waals surface area (Å²) in [5.74, 6) is 0. The number of nitrogens with one attached hydrogen (secondary N) is 1. The number of hydrogen-bond acceptors (Lipinski definition) is 2. The van der Waals surface area contributed by atoms with Crippen LogP contribution >= 0.6 is 0 Å². The van der Waals surface area contributed by atoms with Crippen LogP contribution in [0.2, 0.25) is 0 Å². The van der Waals surface area contributed by atoms with Gasteiger partial charge in [0.05, 0.1) is 0 Å². The van der Waals surface area contributed by atoms with E-state index < -0.39 is 0 Å². The molecule has 0 rings (SSSR count). The van der Waals surface area contributed by atoms with Crippen molar-refractivity contribution in [2.75, 3.05) is 27.2 Å². The van der Waals surface area contributed by atoms with Gasteiger partial charge < -0.3 is 10.2 Å². The lowest BCUT2D eigenvalue weighted by Crippen LogP contribution is -2.36. The third-order valence-corrected chi connectivity index (χ3v) is 8.81. The molecule has 0 aromatic rings. The third-order valence-electron chi connectivity index (χ3n) is 8.81. The van der Waals surface area contributed by atoms with Crippen LogP contribution in [0.15, 0.2) is 48.6 Å². The van der Waals surface area contributed by atoms with E-state index in [1.807, 2.05) is 0 Å². The van der Waals surface area contributed by atoms with Crippen LogP contribution in [0.4, 0.5) is 0 Å². The quantitative estimate of drug-likeness (QED) is 0.0585. The first-order valence-corrected chi connectivity index (χ1v) is 19.2. The summed E-state index contributed by atoms with van der Waals surface area (Å²) >= 11 is 0. The summed E-state index contributed by atoms with van der Waals surface area (Å²) in [7, 11) is 4.43. The standard InChI is InChI=1S/C41H78N2/c1-5-7-9-11-13-15-17-19-21-23-25-27-29-31-33-35-37-41(43(4)40-39-42-3)38-36-34-32-30-28-26-24-22-20-18-16-14-12-10-8-6-2/h13-16,19-22,41-42H,5-12,17-18,23-40H2,1-4H3/b15-13-,16-14-,21-19-,22-20-. The van der Waals surface area contributed by atoms with E-state index in [-0.39, 0.29) is 0 Å². The lowest BCUT2D eigenvalue weighted by molar-refractivity contribution is 0.211. The highest BCUT2D eigenvalue weighted by molar-refractivity contribution is 4.93. The third kappa shape index (κ3) is 33.6. The number of hydrogen-bond donors (Lipinski definition) is 1. The predicted molar refractivity (Wildman–Crippen MR) is 198 cm³/mol. The number of nitrogens with zero attached hydrogens (tertiary/aromatic N) is 1. The van der Waals surface area contributed by atoms with Crippen LogP contribution in [0, 0.1) is 0 Å². The normalized spacial score (nSPS) is 12.6. The lowest BCUT2D eigenvalue weighted by Gasteiger charge is -2.28. The van der Waals surface area contributed by atoms with Crippen LogP contribution in [0.3, 0.4) is 0 Å². The molecule has 0 aliphatic heterocycles. The maximum Gasteiger partial charge on any atom is 0.0107 e. The van der Waals surface area contributed by atoms with Gasteiger partial charge in [0.25, 0.3) is 0 Å². The van der Waals surface area contributed by atoms with E-state index in [9.17, 15) is 0 Å². The minimum atomic E-state index is 0.769. The molecule has 0 radical (unpaired) electrons. The van der Waals surface area contributed by atoms with Crippen molar-refractivity contribution in [3.63, 3.8) is 0 Å². The molecule has 0 heterocycles. The number of unbranched alkanes of at least 4 members (excludes halogenated alkanes) is 18. The molecule has 0 aromatic carbocycles. The molecule has 0 saturated heterocycles. The highest BCUT2D eigenvalue weighted by Crippen LogP contribution is 2.18. The van der Waals surface area contributed by atoms with Gasteiger partial charge in [0.2, 0.25) is 0 Å². The molecule has 0 aromatic heterocycles. The van der Waals surface area contributed by atoms with Gasteiger partial charge in [0.1, 0.15) is 0 Å². The van der Waals surface area contributed by atoms with Gasteiger partial charge >= 0.3 is 0 Å². The van der Waals surface area contributed by atoms with Gasteiger partial charge in [-0.15, -0.1) is 0 Å². The molecule has 0 spiro atoms. The number of likely N-dealkylation sites (N-methyl/N-ethyl adjacent to an activating group) is 2. The van der Waals surface area contributed by atoms with Gasteiger partial charge in [-0.05, 0) is 91.1 Å². The largest absolute Gasteiger partial charge is 0.318 e. The van der Waals surface area contributed by atoms with E-state index in [1.165, 1.54) is 161 Å². The minimum absolute atomic E-state index is 0.769. The monoisotopic (exact) mass is 599 g/mol. The van der Waals surface area contributed by atoms with E-state index >= 15 is 0 Å². The lowest BCUT2D eigenvalue weighted by atomic mass is 9.98. The van der Waals surface area contributed by atoms with Crippen molar-refractivity contribution < 1.29 is 0 Å². The van der Waals surface area contributed by atoms with Crippen LogP contribution in [-0.2, 0) is 0 Å². The fourth-order valence-corrected chi connectivity index (χ4v) is 5.79. The summed E-state index contributed by atoms with van der Waals surface area (Å²) in [4.78, 5) is 2.63. The maximum absolute atomic E-state index is 3.34. The Labute approximate surface area is 272 Å². The molecule has 0 atom stereocenters. The second-order valence-electron chi connectivity index (χ2n) is 13.0. The Morgan fingerprint density at radius 1 is 0.465 bits per heavy atom. The van der Waals surface area contributed by atoms with Gasteiger partial charge in [0, 0.05) is 19.1 Å². The van der Waals surface area contributed by atoms with E-state index in [2.05, 4.69) is 86.8 Å². The van der Waals surface area contributed by atoms with Crippen LogP contribution < -0.4 is 5.32 Å². The van der Waals surface area contributed by atoms with Crippen molar-refractivity contribution in [3.8, 4) is 0 Å². The van der Waals surface area contributed by atoms with Crippen molar-refractivity contribution in [2.24, 2.45) is 0 Å². The summed E-state index contributed by atoms with van der Waals surface area (Å²) in [6.45, 7) is 6.82. The van der Waals surface area contributed by atoms with Crippen molar-refractivity contribution in [1.82, 2.24) is 10.2 Å². The van der Waals surface area contributed by atoms with Gasteiger partial charge in [-0.3, -0.25) is 0 Å². The molecule has 43 heavy (non-hydrogen) atoms. The molecule has 0 unspecified atom stereocenters. The Morgan fingerprint density at radius 2 is 0.814 bits per heavy atom. The van der Waals surface area contributed by atoms with Gasteiger partial charge in [-0.1, -0.05) is 152 Å². The Bertz CT molecular complexity index is 584. The second-order valence-corrected chi connectivity index (χ2v) is 13.0. The Hall–Kier alpha value is -1.12. The zero-order chi connectivity index (χ0) is 31.3. The molecule has 0 fully saturated rings. The molecule has 0 aliphatic rings. The SMILES string of the molecule is CCCCC/C=C\C/C=C\CCCCCCCCC(CCCCCCCC/C=C\C/C=C\CCCCC)N(C)CCNC. The van der Waals surface area contributed by atoms with E-state index in [0.717, 1.165) is 25.4 Å². The summed E-state index contributed by atoms with van der Waals surface area (Å²) in [6, 6.07) is 0.769. The fraction of sp³-hybridized carbons (Fsp3) is 0.805. The molecule has 0 aliphatic carbocycles. The van der Waals surface area contributed by atoms with Gasteiger partial charge in [-0.2, -0.15) is 0 Å². The van der Waals surface area contributed by atoms with Crippen molar-refractivity contribution in [1.29, 1.82) is 0 Å². The first-order chi connectivity index (χ1) is 21.3. The maximum atomic E-state index is 3.34. The summed E-state index contributed by atoms with van der Waals surface area (Å²) < 4.78 is 0. The molecule has 252 valence electrons. The Balaban J connectivity index is 3.82. The molecule has 2 nitrogen and oxygen atoms in total. The Morgan fingerprint density at radius 3 is 1.19 bits per heavy atom. The van der Waals surface area contributed by atoms with Gasteiger partial charge in [0.15, 0.2) is 0 Å². The second kappa shape index (κ2) is 37.1. The highest BCUT2D eigenvalue weighted by atomic mass is 15.1. The Kier molecular flexibility index (Phi) is 36.1. The summed E-state index contributed by atoms with van der Waals surface area (Å²) in [6.07, 6.45) is 53.8. The zero-order valence-electron chi connectivity index (χ0n) is 29.9.